The maximum atomic E-state index is 3.50. The van der Waals surface area contributed by atoms with Gasteiger partial charge in [-0.05, 0) is 43.0 Å². The van der Waals surface area contributed by atoms with E-state index in [0.29, 0.717) is 0 Å². The van der Waals surface area contributed by atoms with E-state index < -0.39 is 0 Å². The van der Waals surface area contributed by atoms with Crippen LogP contribution >= 0.6 is 15.9 Å². The fourth-order valence-corrected chi connectivity index (χ4v) is 2.81. The Balaban J connectivity index is 2.01. The van der Waals surface area contributed by atoms with Crippen molar-refractivity contribution in [1.29, 1.82) is 0 Å². The Morgan fingerprint density at radius 1 is 1.40 bits per heavy atom. The number of nitrogens with zero attached hydrogens (tertiary/aromatic N) is 1. The van der Waals surface area contributed by atoms with Gasteiger partial charge in [-0.2, -0.15) is 0 Å². The Labute approximate surface area is 101 Å². The van der Waals surface area contributed by atoms with E-state index in [4.69, 9.17) is 0 Å². The third-order valence-electron chi connectivity index (χ3n) is 3.15. The summed E-state index contributed by atoms with van der Waals surface area (Å²) in [5, 5.41) is 0. The monoisotopic (exact) mass is 267 g/mol. The Morgan fingerprint density at radius 3 is 2.73 bits per heavy atom. The largest absolute Gasteiger partial charge is 0.371 e. The molecule has 0 saturated carbocycles. The molecule has 0 atom stereocenters. The highest BCUT2D eigenvalue weighted by molar-refractivity contribution is 9.10. The second-order valence-corrected chi connectivity index (χ2v) is 5.41. The van der Waals surface area contributed by atoms with Gasteiger partial charge in [0.15, 0.2) is 0 Å². The van der Waals surface area contributed by atoms with Crippen LogP contribution in [0.3, 0.4) is 0 Å². The van der Waals surface area contributed by atoms with Gasteiger partial charge in [0.1, 0.15) is 0 Å². The number of benzene rings is 1. The molecule has 1 nitrogen and oxygen atoms in total. The summed E-state index contributed by atoms with van der Waals surface area (Å²) in [4.78, 5) is 2.49. The summed E-state index contributed by atoms with van der Waals surface area (Å²) in [6, 6.07) is 6.56. The SMILES string of the molecule is CCCC1CN(c2ccc(Br)cc2C)C1. The standard InChI is InChI=1S/C13H18BrN/c1-3-4-11-8-15(9-11)13-6-5-12(14)7-10(13)2/h5-7,11H,3-4,8-9H2,1-2H3. The first-order valence-electron chi connectivity index (χ1n) is 5.71. The smallest absolute Gasteiger partial charge is 0.0396 e. The van der Waals surface area contributed by atoms with Gasteiger partial charge >= 0.3 is 0 Å². The molecule has 2 heteroatoms. The predicted molar refractivity (Wildman–Crippen MR) is 69.5 cm³/mol. The first kappa shape index (κ1) is 11.0. The molecule has 82 valence electrons. The van der Waals surface area contributed by atoms with Crippen molar-refractivity contribution >= 4 is 21.6 Å². The molecule has 1 aliphatic heterocycles. The fraction of sp³-hybridized carbons (Fsp3) is 0.538. The van der Waals surface area contributed by atoms with Crippen molar-refractivity contribution in [2.45, 2.75) is 26.7 Å². The molecule has 1 saturated heterocycles. The summed E-state index contributed by atoms with van der Waals surface area (Å²) in [7, 11) is 0. The highest BCUT2D eigenvalue weighted by atomic mass is 79.9. The maximum Gasteiger partial charge on any atom is 0.0396 e. The lowest BCUT2D eigenvalue weighted by molar-refractivity contribution is 0.380. The van der Waals surface area contributed by atoms with Crippen molar-refractivity contribution in [3.8, 4) is 0 Å². The van der Waals surface area contributed by atoms with E-state index in [2.05, 4.69) is 52.9 Å². The lowest BCUT2D eigenvalue weighted by atomic mass is 9.94. The molecule has 1 aliphatic rings. The van der Waals surface area contributed by atoms with Gasteiger partial charge in [0.2, 0.25) is 0 Å². The molecule has 0 radical (unpaired) electrons. The Bertz CT molecular complexity index is 342. The second-order valence-electron chi connectivity index (χ2n) is 4.49. The summed E-state index contributed by atoms with van der Waals surface area (Å²) in [6.45, 7) is 6.95. The van der Waals surface area contributed by atoms with E-state index in [1.807, 2.05) is 0 Å². The van der Waals surface area contributed by atoms with Crippen LogP contribution in [0.4, 0.5) is 5.69 Å². The minimum Gasteiger partial charge on any atom is -0.371 e. The number of hydrogen-bond donors (Lipinski definition) is 0. The van der Waals surface area contributed by atoms with Gasteiger partial charge in [0, 0.05) is 23.2 Å². The molecule has 0 aliphatic carbocycles. The number of halogens is 1. The van der Waals surface area contributed by atoms with Crippen LogP contribution in [0.2, 0.25) is 0 Å². The fourth-order valence-electron chi connectivity index (χ4n) is 2.33. The van der Waals surface area contributed by atoms with Crippen LogP contribution in [-0.4, -0.2) is 13.1 Å². The zero-order valence-corrected chi connectivity index (χ0v) is 11.0. The Kier molecular flexibility index (Phi) is 3.35. The van der Waals surface area contributed by atoms with Crippen molar-refractivity contribution in [2.24, 2.45) is 5.92 Å². The molecule has 0 bridgehead atoms. The average molecular weight is 268 g/mol. The topological polar surface area (TPSA) is 3.24 Å². The minimum atomic E-state index is 0.929. The van der Waals surface area contributed by atoms with E-state index in [1.54, 1.807) is 0 Å². The summed E-state index contributed by atoms with van der Waals surface area (Å²) >= 11 is 3.50. The molecule has 1 aromatic rings. The second kappa shape index (κ2) is 4.56. The van der Waals surface area contributed by atoms with Crippen molar-refractivity contribution in [3.63, 3.8) is 0 Å². The van der Waals surface area contributed by atoms with Crippen LogP contribution in [0.5, 0.6) is 0 Å². The van der Waals surface area contributed by atoms with E-state index in [-0.39, 0.29) is 0 Å². The number of aryl methyl sites for hydroxylation is 1. The highest BCUT2D eigenvalue weighted by Gasteiger charge is 2.26. The van der Waals surface area contributed by atoms with Crippen LogP contribution in [0.25, 0.3) is 0 Å². The molecule has 1 heterocycles. The van der Waals surface area contributed by atoms with Gasteiger partial charge in [-0.3, -0.25) is 0 Å². The van der Waals surface area contributed by atoms with E-state index in [9.17, 15) is 0 Å². The average Bonchev–Trinajstić information content (AvgIpc) is 2.12. The Morgan fingerprint density at radius 2 is 2.13 bits per heavy atom. The van der Waals surface area contributed by atoms with E-state index in [1.165, 1.54) is 41.7 Å². The summed E-state index contributed by atoms with van der Waals surface area (Å²) in [5.41, 5.74) is 2.78. The normalized spacial score (nSPS) is 16.6. The van der Waals surface area contributed by atoms with Crippen LogP contribution in [0.15, 0.2) is 22.7 Å². The van der Waals surface area contributed by atoms with Crippen LogP contribution in [-0.2, 0) is 0 Å². The molecule has 1 fully saturated rings. The number of anilines is 1. The molecule has 0 spiro atoms. The third-order valence-corrected chi connectivity index (χ3v) is 3.65. The third kappa shape index (κ3) is 2.36. The molecular formula is C13H18BrN. The summed E-state index contributed by atoms with van der Waals surface area (Å²) < 4.78 is 1.18. The molecule has 2 rings (SSSR count). The quantitative estimate of drug-likeness (QED) is 0.801. The van der Waals surface area contributed by atoms with Crippen molar-refractivity contribution < 1.29 is 0 Å². The maximum absolute atomic E-state index is 3.50. The number of rotatable bonds is 3. The summed E-state index contributed by atoms with van der Waals surface area (Å²) in [6.07, 6.45) is 2.70. The molecule has 1 aromatic carbocycles. The summed E-state index contributed by atoms with van der Waals surface area (Å²) in [5.74, 6) is 0.929. The van der Waals surface area contributed by atoms with Gasteiger partial charge in [-0.15, -0.1) is 0 Å². The lowest BCUT2D eigenvalue weighted by Gasteiger charge is -2.42. The van der Waals surface area contributed by atoms with Gasteiger partial charge in [0.05, 0.1) is 0 Å². The number of hydrogen-bond acceptors (Lipinski definition) is 1. The molecule has 15 heavy (non-hydrogen) atoms. The minimum absolute atomic E-state index is 0.929. The van der Waals surface area contributed by atoms with Gasteiger partial charge in [-0.25, -0.2) is 0 Å². The van der Waals surface area contributed by atoms with Crippen molar-refractivity contribution in [2.75, 3.05) is 18.0 Å². The zero-order valence-electron chi connectivity index (χ0n) is 9.46. The zero-order chi connectivity index (χ0) is 10.8. The molecule has 0 aromatic heterocycles. The van der Waals surface area contributed by atoms with E-state index in [0.717, 1.165) is 5.92 Å². The molecular weight excluding hydrogens is 250 g/mol. The lowest BCUT2D eigenvalue weighted by Crippen LogP contribution is -2.46. The molecule has 0 unspecified atom stereocenters. The van der Waals surface area contributed by atoms with Crippen LogP contribution in [0.1, 0.15) is 25.3 Å². The van der Waals surface area contributed by atoms with Gasteiger partial charge in [-0.1, -0.05) is 29.3 Å². The Hall–Kier alpha value is -0.500. The van der Waals surface area contributed by atoms with Gasteiger partial charge < -0.3 is 4.90 Å². The molecule has 0 N–H and O–H groups in total. The van der Waals surface area contributed by atoms with Crippen LogP contribution in [0, 0.1) is 12.8 Å². The highest BCUT2D eigenvalue weighted by Crippen LogP contribution is 2.31. The molecule has 0 amide bonds. The van der Waals surface area contributed by atoms with E-state index >= 15 is 0 Å². The first-order chi connectivity index (χ1) is 7.20. The van der Waals surface area contributed by atoms with Crippen molar-refractivity contribution in [1.82, 2.24) is 0 Å². The first-order valence-corrected chi connectivity index (χ1v) is 6.51. The van der Waals surface area contributed by atoms with Crippen molar-refractivity contribution in [3.05, 3.63) is 28.2 Å². The predicted octanol–water partition coefficient (Wildman–Crippen LogP) is 3.99. The van der Waals surface area contributed by atoms with Gasteiger partial charge in [0.25, 0.3) is 0 Å². The van der Waals surface area contributed by atoms with Crippen LogP contribution < -0.4 is 4.90 Å².